The normalized spacial score (nSPS) is 18.6. The van der Waals surface area contributed by atoms with Crippen molar-refractivity contribution in [1.82, 2.24) is 0 Å². The molecule has 1 heterocycles. The van der Waals surface area contributed by atoms with Crippen molar-refractivity contribution in [2.75, 3.05) is 38.1 Å². The van der Waals surface area contributed by atoms with Crippen LogP contribution in [0.3, 0.4) is 0 Å². The Kier molecular flexibility index (Phi) is 6.71. The van der Waals surface area contributed by atoms with E-state index in [-0.39, 0.29) is 34.9 Å². The van der Waals surface area contributed by atoms with Crippen LogP contribution in [0.15, 0.2) is 18.2 Å². The van der Waals surface area contributed by atoms with Crippen molar-refractivity contribution in [3.8, 4) is 11.5 Å². The maximum Gasteiger partial charge on any atom is 0.316 e. The van der Waals surface area contributed by atoms with E-state index in [2.05, 4.69) is 0 Å². The van der Waals surface area contributed by atoms with E-state index in [9.17, 15) is 18.0 Å². The highest BCUT2D eigenvalue weighted by Gasteiger charge is 2.28. The molecule has 0 aromatic heterocycles. The molecule has 0 saturated carbocycles. The standard InChI is InChI=1S/C16H20O7S2/c1-21-14-4-3-11(7-15(14)22-2)13(17)8-23-16(18)9-24-12-5-6-25(19,20)10-12/h3-4,7,12H,5-6,8-10H2,1-2H3/t12-/m0/s1. The van der Waals surface area contributed by atoms with Gasteiger partial charge in [-0.1, -0.05) is 0 Å². The van der Waals surface area contributed by atoms with Crippen LogP contribution in [0, 0.1) is 0 Å². The summed E-state index contributed by atoms with van der Waals surface area (Å²) in [5.41, 5.74) is 0.347. The lowest BCUT2D eigenvalue weighted by Crippen LogP contribution is -2.17. The number of thioether (sulfide) groups is 1. The van der Waals surface area contributed by atoms with Crippen LogP contribution >= 0.6 is 11.8 Å². The number of methoxy groups -OCH3 is 2. The largest absolute Gasteiger partial charge is 0.493 e. The van der Waals surface area contributed by atoms with Crippen LogP contribution < -0.4 is 9.47 Å². The second-order valence-electron chi connectivity index (χ2n) is 5.49. The van der Waals surface area contributed by atoms with Gasteiger partial charge in [0.25, 0.3) is 0 Å². The lowest BCUT2D eigenvalue weighted by molar-refractivity contribution is -0.139. The number of benzene rings is 1. The van der Waals surface area contributed by atoms with Crippen molar-refractivity contribution in [1.29, 1.82) is 0 Å². The summed E-state index contributed by atoms with van der Waals surface area (Å²) in [7, 11) is -0.00741. The fraction of sp³-hybridized carbons (Fsp3) is 0.500. The third-order valence-corrected chi connectivity index (χ3v) is 6.95. The third kappa shape index (κ3) is 5.64. The van der Waals surface area contributed by atoms with Crippen LogP contribution in [-0.2, 0) is 19.4 Å². The zero-order valence-corrected chi connectivity index (χ0v) is 15.7. The minimum atomic E-state index is -2.97. The average Bonchev–Trinajstić information content (AvgIpc) is 2.96. The maximum absolute atomic E-state index is 12.1. The summed E-state index contributed by atoms with van der Waals surface area (Å²) in [5, 5.41) is -0.0842. The maximum atomic E-state index is 12.1. The van der Waals surface area contributed by atoms with Crippen LogP contribution in [0.25, 0.3) is 0 Å². The number of hydrogen-bond acceptors (Lipinski definition) is 8. The van der Waals surface area contributed by atoms with Crippen molar-refractivity contribution in [3.63, 3.8) is 0 Å². The number of rotatable bonds is 8. The van der Waals surface area contributed by atoms with Gasteiger partial charge in [-0.25, -0.2) is 8.42 Å². The fourth-order valence-electron chi connectivity index (χ4n) is 2.36. The summed E-state index contributed by atoms with van der Waals surface area (Å²) in [4.78, 5) is 23.8. The number of sulfone groups is 1. The highest BCUT2D eigenvalue weighted by atomic mass is 32.2. The lowest BCUT2D eigenvalue weighted by atomic mass is 10.1. The van der Waals surface area contributed by atoms with Gasteiger partial charge in [0, 0.05) is 10.8 Å². The van der Waals surface area contributed by atoms with Crippen molar-refractivity contribution < 1.29 is 32.2 Å². The first-order chi connectivity index (χ1) is 11.8. The molecule has 138 valence electrons. The molecule has 1 aliphatic heterocycles. The number of hydrogen-bond donors (Lipinski definition) is 0. The van der Waals surface area contributed by atoms with E-state index in [4.69, 9.17) is 14.2 Å². The van der Waals surface area contributed by atoms with Gasteiger partial charge in [-0.2, -0.15) is 0 Å². The zero-order chi connectivity index (χ0) is 18.4. The van der Waals surface area contributed by atoms with E-state index in [1.165, 1.54) is 32.0 Å². The van der Waals surface area contributed by atoms with E-state index in [1.807, 2.05) is 0 Å². The minimum Gasteiger partial charge on any atom is -0.493 e. The van der Waals surface area contributed by atoms with Gasteiger partial charge in [0.15, 0.2) is 33.7 Å². The Morgan fingerprint density at radius 3 is 2.52 bits per heavy atom. The first kappa shape index (κ1) is 19.6. The summed E-state index contributed by atoms with van der Waals surface area (Å²) in [6, 6.07) is 4.69. The van der Waals surface area contributed by atoms with Crippen molar-refractivity contribution in [2.45, 2.75) is 11.7 Å². The minimum absolute atomic E-state index is 0.0272. The van der Waals surface area contributed by atoms with Gasteiger partial charge in [0.1, 0.15) is 0 Å². The SMILES string of the molecule is COc1ccc(C(=O)COC(=O)CS[C@H]2CCS(=O)(=O)C2)cc1OC. The summed E-state index contributed by atoms with van der Waals surface area (Å²) in [5.74, 6) is 0.300. The molecule has 1 fully saturated rings. The Morgan fingerprint density at radius 1 is 1.20 bits per heavy atom. The van der Waals surface area contributed by atoms with Crippen LogP contribution in [0.1, 0.15) is 16.8 Å². The molecule has 0 aliphatic carbocycles. The fourth-order valence-corrected chi connectivity index (χ4v) is 5.80. The topological polar surface area (TPSA) is 96.0 Å². The first-order valence-corrected chi connectivity index (χ1v) is 10.4. The Morgan fingerprint density at radius 2 is 1.92 bits per heavy atom. The molecule has 0 N–H and O–H groups in total. The Labute approximate surface area is 150 Å². The molecule has 25 heavy (non-hydrogen) atoms. The second kappa shape index (κ2) is 8.57. The van der Waals surface area contributed by atoms with E-state index >= 15 is 0 Å². The van der Waals surface area contributed by atoms with Gasteiger partial charge < -0.3 is 14.2 Å². The van der Waals surface area contributed by atoms with Crippen molar-refractivity contribution >= 4 is 33.4 Å². The molecule has 0 unspecified atom stereocenters. The molecule has 0 bridgehead atoms. The third-order valence-electron chi connectivity index (χ3n) is 3.70. The summed E-state index contributed by atoms with van der Waals surface area (Å²) in [6.45, 7) is -0.377. The van der Waals surface area contributed by atoms with Crippen molar-refractivity contribution in [3.05, 3.63) is 23.8 Å². The summed E-state index contributed by atoms with van der Waals surface area (Å²) in [6.07, 6.45) is 0.546. The number of carbonyl (C=O) groups is 2. The number of esters is 1. The molecule has 0 amide bonds. The number of Topliss-reactive ketones (excluding diaryl/α,β-unsaturated/α-hetero) is 1. The Hall–Kier alpha value is -1.74. The van der Waals surface area contributed by atoms with E-state index in [0.29, 0.717) is 23.5 Å². The predicted molar refractivity (Wildman–Crippen MR) is 94.4 cm³/mol. The molecule has 0 spiro atoms. The van der Waals surface area contributed by atoms with E-state index in [0.717, 1.165) is 0 Å². The highest BCUT2D eigenvalue weighted by Crippen LogP contribution is 2.28. The van der Waals surface area contributed by atoms with Crippen molar-refractivity contribution in [2.24, 2.45) is 0 Å². The molecular formula is C16H20O7S2. The first-order valence-electron chi connectivity index (χ1n) is 7.57. The van der Waals surface area contributed by atoms with Gasteiger partial charge in [0.2, 0.25) is 0 Å². The van der Waals surface area contributed by atoms with E-state index < -0.39 is 15.8 Å². The molecule has 1 aromatic carbocycles. The smallest absolute Gasteiger partial charge is 0.316 e. The average molecular weight is 388 g/mol. The van der Waals surface area contributed by atoms with Crippen LogP contribution in [0.4, 0.5) is 0 Å². The lowest BCUT2D eigenvalue weighted by Gasteiger charge is -2.10. The number of ketones is 1. The van der Waals surface area contributed by atoms with E-state index in [1.54, 1.807) is 12.1 Å². The Bertz CT molecular complexity index is 743. The van der Waals surface area contributed by atoms with Crippen LogP contribution in [0.5, 0.6) is 11.5 Å². The van der Waals surface area contributed by atoms with Gasteiger partial charge >= 0.3 is 5.97 Å². The molecule has 0 radical (unpaired) electrons. The summed E-state index contributed by atoms with van der Waals surface area (Å²) < 4.78 is 37.9. The molecule has 1 aliphatic rings. The number of ether oxygens (including phenoxy) is 3. The molecule has 2 rings (SSSR count). The van der Waals surface area contributed by atoms with Crippen LogP contribution in [-0.4, -0.2) is 63.5 Å². The molecule has 1 atom stereocenters. The summed E-state index contributed by atoms with van der Waals surface area (Å²) >= 11 is 1.25. The second-order valence-corrected chi connectivity index (χ2v) is 9.01. The molecule has 9 heteroatoms. The molecule has 1 saturated heterocycles. The monoisotopic (exact) mass is 388 g/mol. The van der Waals surface area contributed by atoms with Gasteiger partial charge in [-0.05, 0) is 24.6 Å². The quantitative estimate of drug-likeness (QED) is 0.486. The van der Waals surface area contributed by atoms with Gasteiger partial charge in [-0.3, -0.25) is 9.59 Å². The number of carbonyl (C=O) groups excluding carboxylic acids is 2. The Balaban J connectivity index is 1.80. The van der Waals surface area contributed by atoms with Gasteiger partial charge in [-0.15, -0.1) is 11.8 Å². The molecular weight excluding hydrogens is 368 g/mol. The van der Waals surface area contributed by atoms with Crippen LogP contribution in [0.2, 0.25) is 0 Å². The van der Waals surface area contributed by atoms with Gasteiger partial charge in [0.05, 0.1) is 31.5 Å². The predicted octanol–water partition coefficient (Wildman–Crippen LogP) is 1.35. The highest BCUT2D eigenvalue weighted by molar-refractivity contribution is 8.02. The zero-order valence-electron chi connectivity index (χ0n) is 14.0. The molecule has 1 aromatic rings. The molecule has 7 nitrogen and oxygen atoms in total.